The van der Waals surface area contributed by atoms with Gasteiger partial charge in [0.05, 0.1) is 6.54 Å². The molecule has 0 aromatic rings. The van der Waals surface area contributed by atoms with Crippen molar-refractivity contribution in [1.82, 2.24) is 4.90 Å². The summed E-state index contributed by atoms with van der Waals surface area (Å²) in [5.74, 6) is 0.465. The van der Waals surface area contributed by atoms with Crippen molar-refractivity contribution in [2.45, 2.75) is 26.7 Å². The maximum Gasteiger partial charge on any atom is 0.413 e. The standard InChI is InChI=1S/C12H17NO2/c1-9-4-3-5-11(10(9)2)8-13-6-7-15-12(13)14/h4,8,10H,3,5-7H2,1-2H3/b11-8-/t10-/m0/s1. The lowest BCUT2D eigenvalue weighted by atomic mass is 9.86. The first-order valence-corrected chi connectivity index (χ1v) is 5.49. The average Bonchev–Trinajstić information content (AvgIpc) is 2.60. The van der Waals surface area contributed by atoms with Crippen LogP contribution in [0.3, 0.4) is 0 Å². The molecule has 0 spiro atoms. The molecule has 15 heavy (non-hydrogen) atoms. The molecule has 3 nitrogen and oxygen atoms in total. The van der Waals surface area contributed by atoms with Gasteiger partial charge in [-0.05, 0) is 31.3 Å². The van der Waals surface area contributed by atoms with Gasteiger partial charge in [0, 0.05) is 6.20 Å². The van der Waals surface area contributed by atoms with Gasteiger partial charge in [-0.3, -0.25) is 4.90 Å². The molecule has 1 heterocycles. The zero-order valence-electron chi connectivity index (χ0n) is 9.32. The maximum atomic E-state index is 11.3. The number of cyclic esters (lactones) is 1. The van der Waals surface area contributed by atoms with E-state index < -0.39 is 0 Å². The van der Waals surface area contributed by atoms with E-state index in [1.807, 2.05) is 6.20 Å². The summed E-state index contributed by atoms with van der Waals surface area (Å²) < 4.78 is 4.90. The van der Waals surface area contributed by atoms with Gasteiger partial charge in [0.2, 0.25) is 0 Å². The summed E-state index contributed by atoms with van der Waals surface area (Å²) in [4.78, 5) is 13.0. The fourth-order valence-corrected chi connectivity index (χ4v) is 2.05. The van der Waals surface area contributed by atoms with E-state index in [9.17, 15) is 4.79 Å². The van der Waals surface area contributed by atoms with Crippen LogP contribution in [0.5, 0.6) is 0 Å². The summed E-state index contributed by atoms with van der Waals surface area (Å²) in [6.45, 7) is 5.56. The number of ether oxygens (including phenoxy) is 1. The first-order chi connectivity index (χ1) is 7.18. The molecule has 1 aliphatic heterocycles. The van der Waals surface area contributed by atoms with Crippen LogP contribution in [0.2, 0.25) is 0 Å². The van der Waals surface area contributed by atoms with Gasteiger partial charge < -0.3 is 4.74 Å². The Morgan fingerprint density at radius 1 is 1.60 bits per heavy atom. The molecule has 0 N–H and O–H groups in total. The van der Waals surface area contributed by atoms with Crippen molar-refractivity contribution in [1.29, 1.82) is 0 Å². The smallest absolute Gasteiger partial charge is 0.413 e. The van der Waals surface area contributed by atoms with E-state index in [1.165, 1.54) is 11.1 Å². The molecule has 1 fully saturated rings. The fraction of sp³-hybridized carbons (Fsp3) is 0.583. The minimum atomic E-state index is -0.207. The molecule has 82 valence electrons. The molecule has 0 bridgehead atoms. The summed E-state index contributed by atoms with van der Waals surface area (Å²) >= 11 is 0. The molecule has 1 aliphatic carbocycles. The van der Waals surface area contributed by atoms with Crippen LogP contribution in [0, 0.1) is 5.92 Å². The number of allylic oxidation sites excluding steroid dienone is 3. The van der Waals surface area contributed by atoms with Gasteiger partial charge in [-0.25, -0.2) is 4.79 Å². The van der Waals surface area contributed by atoms with Crippen LogP contribution >= 0.6 is 0 Å². The molecule has 1 saturated heterocycles. The highest BCUT2D eigenvalue weighted by Gasteiger charge is 2.22. The van der Waals surface area contributed by atoms with E-state index in [0.717, 1.165) is 12.8 Å². The first kappa shape index (κ1) is 10.3. The second kappa shape index (κ2) is 4.09. The molecular weight excluding hydrogens is 190 g/mol. The van der Waals surface area contributed by atoms with Gasteiger partial charge in [-0.1, -0.05) is 18.6 Å². The Bertz CT molecular complexity index is 331. The second-order valence-electron chi connectivity index (χ2n) is 4.22. The summed E-state index contributed by atoms with van der Waals surface area (Å²) in [5.41, 5.74) is 2.74. The third-order valence-corrected chi connectivity index (χ3v) is 3.25. The molecule has 0 saturated carbocycles. The lowest BCUT2D eigenvalue weighted by Crippen LogP contribution is -2.20. The number of nitrogens with zero attached hydrogens (tertiary/aromatic N) is 1. The van der Waals surface area contributed by atoms with Crippen LogP contribution in [0.25, 0.3) is 0 Å². The zero-order chi connectivity index (χ0) is 10.8. The number of amides is 1. The second-order valence-corrected chi connectivity index (χ2v) is 4.22. The van der Waals surface area contributed by atoms with Crippen molar-refractivity contribution in [2.75, 3.05) is 13.2 Å². The molecule has 1 amide bonds. The van der Waals surface area contributed by atoms with E-state index in [4.69, 9.17) is 4.74 Å². The Balaban J connectivity index is 2.13. The van der Waals surface area contributed by atoms with Crippen molar-refractivity contribution >= 4 is 6.09 Å². The van der Waals surface area contributed by atoms with Crippen molar-refractivity contribution in [2.24, 2.45) is 5.92 Å². The van der Waals surface area contributed by atoms with Crippen LogP contribution < -0.4 is 0 Å². The van der Waals surface area contributed by atoms with Gasteiger partial charge in [-0.2, -0.15) is 0 Å². The van der Waals surface area contributed by atoms with Crippen LogP contribution in [-0.4, -0.2) is 24.1 Å². The molecule has 0 aromatic heterocycles. The van der Waals surface area contributed by atoms with Crippen molar-refractivity contribution in [3.05, 3.63) is 23.4 Å². The number of rotatable bonds is 1. The van der Waals surface area contributed by atoms with Crippen molar-refractivity contribution in [3.8, 4) is 0 Å². The zero-order valence-corrected chi connectivity index (χ0v) is 9.32. The fourth-order valence-electron chi connectivity index (χ4n) is 2.05. The largest absolute Gasteiger partial charge is 0.447 e. The number of carbonyl (C=O) groups excluding carboxylic acids is 1. The molecule has 0 radical (unpaired) electrons. The van der Waals surface area contributed by atoms with Crippen LogP contribution in [-0.2, 0) is 4.74 Å². The highest BCUT2D eigenvalue weighted by molar-refractivity contribution is 5.70. The van der Waals surface area contributed by atoms with Crippen molar-refractivity contribution < 1.29 is 9.53 Å². The molecule has 1 atom stereocenters. The third-order valence-electron chi connectivity index (χ3n) is 3.25. The number of hydrogen-bond acceptors (Lipinski definition) is 2. The van der Waals surface area contributed by atoms with Crippen molar-refractivity contribution in [3.63, 3.8) is 0 Å². The van der Waals surface area contributed by atoms with Gasteiger partial charge in [0.25, 0.3) is 0 Å². The normalized spacial score (nSPS) is 29.3. The Morgan fingerprint density at radius 3 is 3.07 bits per heavy atom. The monoisotopic (exact) mass is 207 g/mol. The Labute approximate surface area is 90.4 Å². The van der Waals surface area contributed by atoms with E-state index in [1.54, 1.807) is 4.90 Å². The Hall–Kier alpha value is -1.25. The number of hydrogen-bond donors (Lipinski definition) is 0. The van der Waals surface area contributed by atoms with E-state index in [0.29, 0.717) is 19.1 Å². The Morgan fingerprint density at radius 2 is 2.40 bits per heavy atom. The lowest BCUT2D eigenvalue weighted by Gasteiger charge is -2.23. The third kappa shape index (κ3) is 2.06. The first-order valence-electron chi connectivity index (χ1n) is 5.49. The van der Waals surface area contributed by atoms with Gasteiger partial charge in [0.1, 0.15) is 6.61 Å². The molecule has 3 heteroatoms. The summed E-state index contributed by atoms with van der Waals surface area (Å²) in [6.07, 6.45) is 6.20. The van der Waals surface area contributed by atoms with Gasteiger partial charge in [-0.15, -0.1) is 0 Å². The van der Waals surface area contributed by atoms with Crippen LogP contribution in [0.4, 0.5) is 4.79 Å². The minimum Gasteiger partial charge on any atom is -0.447 e. The van der Waals surface area contributed by atoms with E-state index >= 15 is 0 Å². The topological polar surface area (TPSA) is 29.5 Å². The molecule has 2 rings (SSSR count). The summed E-state index contributed by atoms with van der Waals surface area (Å²) in [6, 6.07) is 0. The highest BCUT2D eigenvalue weighted by atomic mass is 16.6. The molecule has 0 unspecified atom stereocenters. The van der Waals surface area contributed by atoms with E-state index in [-0.39, 0.29) is 6.09 Å². The summed E-state index contributed by atoms with van der Waals surface area (Å²) in [7, 11) is 0. The van der Waals surface area contributed by atoms with Gasteiger partial charge >= 0.3 is 6.09 Å². The Kier molecular flexibility index (Phi) is 2.80. The highest BCUT2D eigenvalue weighted by Crippen LogP contribution is 2.29. The van der Waals surface area contributed by atoms with Gasteiger partial charge in [0.15, 0.2) is 0 Å². The predicted molar refractivity (Wildman–Crippen MR) is 58.3 cm³/mol. The molecular formula is C12H17NO2. The minimum absolute atomic E-state index is 0.207. The quantitative estimate of drug-likeness (QED) is 0.619. The predicted octanol–water partition coefficient (Wildman–Crippen LogP) is 2.70. The maximum absolute atomic E-state index is 11.3. The molecule has 2 aliphatic rings. The SMILES string of the molecule is CC1=CCC/C(=C/N2CCOC2=O)[C@H]1C. The van der Waals surface area contributed by atoms with Crippen LogP contribution in [0.1, 0.15) is 26.7 Å². The molecule has 0 aromatic carbocycles. The number of carbonyl (C=O) groups is 1. The average molecular weight is 207 g/mol. The lowest BCUT2D eigenvalue weighted by molar-refractivity contribution is 0.166. The van der Waals surface area contributed by atoms with E-state index in [2.05, 4.69) is 19.9 Å². The summed E-state index contributed by atoms with van der Waals surface area (Å²) in [5, 5.41) is 0. The van der Waals surface area contributed by atoms with Crippen LogP contribution in [0.15, 0.2) is 23.4 Å².